The Hall–Kier alpha value is -0.530. The average molecular weight is 126 g/mol. The summed E-state index contributed by atoms with van der Waals surface area (Å²) in [4.78, 5) is 10.4. The van der Waals surface area contributed by atoms with Crippen LogP contribution in [0.2, 0.25) is 0 Å². The second kappa shape index (κ2) is 1.49. The summed E-state index contributed by atoms with van der Waals surface area (Å²) in [6.07, 6.45) is 2.93. The molecule has 3 rings (SSSR count). The lowest BCUT2D eigenvalue weighted by Crippen LogP contribution is -2.56. The molecule has 3 aliphatic rings. The van der Waals surface area contributed by atoms with Crippen LogP contribution in [0.25, 0.3) is 0 Å². The van der Waals surface area contributed by atoms with Gasteiger partial charge in [0.05, 0.1) is 0 Å². The molecule has 0 aromatic rings. The molecule has 0 atom stereocenters. The van der Waals surface area contributed by atoms with Crippen LogP contribution in [0, 0.1) is 11.8 Å². The van der Waals surface area contributed by atoms with Gasteiger partial charge in [0.25, 0.3) is 0 Å². The molecule has 50 valence electrons. The summed E-state index contributed by atoms with van der Waals surface area (Å²) in [6, 6.07) is 0. The number of esters is 1. The zero-order chi connectivity index (χ0) is 6.43. The Labute approximate surface area is 54.2 Å². The summed E-state index contributed by atoms with van der Waals surface area (Å²) in [7, 11) is 0. The highest BCUT2D eigenvalue weighted by Gasteiger charge is 2.54. The first-order valence-corrected chi connectivity index (χ1v) is 3.44. The van der Waals surface area contributed by atoms with E-state index in [2.05, 4.69) is 0 Å². The molecule has 2 heteroatoms. The molecule has 0 radical (unpaired) electrons. The predicted octanol–water partition coefficient (Wildman–Crippen LogP) is 0.958. The molecule has 3 fully saturated rings. The quantitative estimate of drug-likeness (QED) is 0.489. The van der Waals surface area contributed by atoms with Crippen molar-refractivity contribution in [2.45, 2.75) is 25.9 Å². The Morgan fingerprint density at radius 3 is 2.11 bits per heavy atom. The molecule has 0 unspecified atom stereocenters. The molecule has 0 spiro atoms. The van der Waals surface area contributed by atoms with Crippen molar-refractivity contribution >= 4 is 5.97 Å². The first-order chi connectivity index (χ1) is 4.27. The number of carbonyl (C=O) groups is 1. The topological polar surface area (TPSA) is 26.3 Å². The summed E-state index contributed by atoms with van der Waals surface area (Å²) in [6.45, 7) is 1.48. The van der Waals surface area contributed by atoms with Crippen molar-refractivity contribution < 1.29 is 9.53 Å². The zero-order valence-electron chi connectivity index (χ0n) is 5.46. The summed E-state index contributed by atoms with van der Waals surface area (Å²) in [5.74, 6) is 1.35. The van der Waals surface area contributed by atoms with Crippen LogP contribution in [0.15, 0.2) is 0 Å². The van der Waals surface area contributed by atoms with Gasteiger partial charge in [0.1, 0.15) is 6.10 Å². The summed E-state index contributed by atoms with van der Waals surface area (Å²) in [5.41, 5.74) is 0. The van der Waals surface area contributed by atoms with E-state index in [1.807, 2.05) is 0 Å². The Balaban J connectivity index is 1.83. The highest BCUT2D eigenvalue weighted by Crippen LogP contribution is 2.55. The lowest BCUT2D eigenvalue weighted by molar-refractivity contribution is -0.195. The van der Waals surface area contributed by atoms with Crippen LogP contribution in [0.5, 0.6) is 0 Å². The lowest BCUT2D eigenvalue weighted by atomic mass is 9.53. The van der Waals surface area contributed by atoms with Crippen LogP contribution in [0.4, 0.5) is 0 Å². The van der Waals surface area contributed by atoms with Gasteiger partial charge < -0.3 is 4.74 Å². The van der Waals surface area contributed by atoms with E-state index < -0.39 is 0 Å². The fourth-order valence-corrected chi connectivity index (χ4v) is 1.62. The van der Waals surface area contributed by atoms with Gasteiger partial charge in [-0.3, -0.25) is 4.79 Å². The van der Waals surface area contributed by atoms with Crippen molar-refractivity contribution in [3.05, 3.63) is 0 Å². The smallest absolute Gasteiger partial charge is 0.302 e. The van der Waals surface area contributed by atoms with Gasteiger partial charge in [-0.15, -0.1) is 0 Å². The van der Waals surface area contributed by atoms with Gasteiger partial charge in [0.15, 0.2) is 0 Å². The minimum atomic E-state index is -0.116. The van der Waals surface area contributed by atoms with Gasteiger partial charge in [0, 0.05) is 6.92 Å². The van der Waals surface area contributed by atoms with Gasteiger partial charge in [-0.25, -0.2) is 0 Å². The maximum Gasteiger partial charge on any atom is 0.302 e. The molecule has 0 aromatic carbocycles. The number of ether oxygens (including phenoxy) is 1. The molecular formula is C7H10O2. The molecule has 2 bridgehead atoms. The first-order valence-electron chi connectivity index (χ1n) is 3.44. The van der Waals surface area contributed by atoms with E-state index in [9.17, 15) is 4.79 Å². The Bertz CT molecular complexity index is 139. The molecule has 0 saturated heterocycles. The largest absolute Gasteiger partial charge is 0.462 e. The summed E-state index contributed by atoms with van der Waals surface area (Å²) >= 11 is 0. The second-order valence-corrected chi connectivity index (χ2v) is 3.07. The first kappa shape index (κ1) is 5.27. The van der Waals surface area contributed by atoms with Crippen molar-refractivity contribution in [3.63, 3.8) is 0 Å². The van der Waals surface area contributed by atoms with Crippen molar-refractivity contribution in [1.29, 1.82) is 0 Å². The third kappa shape index (κ3) is 0.590. The Kier molecular flexibility index (Phi) is 0.875. The van der Waals surface area contributed by atoms with E-state index in [-0.39, 0.29) is 5.97 Å². The minimum Gasteiger partial charge on any atom is -0.462 e. The molecule has 0 amide bonds. The standard InChI is InChI=1S/C7H10O2/c1-4(8)9-7-5-2-6(7)3-5/h5-7H,2-3H2,1H3. The molecule has 0 aromatic heterocycles. The highest BCUT2D eigenvalue weighted by atomic mass is 16.5. The molecule has 0 aliphatic heterocycles. The Morgan fingerprint density at radius 1 is 1.44 bits per heavy atom. The van der Waals surface area contributed by atoms with Crippen molar-refractivity contribution in [2.24, 2.45) is 11.8 Å². The molecule has 0 N–H and O–H groups in total. The van der Waals surface area contributed by atoms with Gasteiger partial charge >= 0.3 is 5.97 Å². The maximum atomic E-state index is 10.4. The normalized spacial score (nSPS) is 44.8. The van der Waals surface area contributed by atoms with Crippen LogP contribution < -0.4 is 0 Å². The van der Waals surface area contributed by atoms with Gasteiger partial charge in [-0.2, -0.15) is 0 Å². The van der Waals surface area contributed by atoms with Crippen LogP contribution in [-0.2, 0) is 9.53 Å². The molecular weight excluding hydrogens is 116 g/mol. The van der Waals surface area contributed by atoms with Crippen LogP contribution in [0.1, 0.15) is 19.8 Å². The van der Waals surface area contributed by atoms with E-state index >= 15 is 0 Å². The van der Waals surface area contributed by atoms with E-state index in [1.165, 1.54) is 19.8 Å². The van der Waals surface area contributed by atoms with Crippen molar-refractivity contribution in [1.82, 2.24) is 0 Å². The molecule has 3 saturated carbocycles. The van der Waals surface area contributed by atoms with Crippen LogP contribution >= 0.6 is 0 Å². The molecule has 3 aliphatic carbocycles. The molecule has 0 heterocycles. The van der Waals surface area contributed by atoms with Gasteiger partial charge in [-0.05, 0) is 24.7 Å². The fourth-order valence-electron chi connectivity index (χ4n) is 1.62. The van der Waals surface area contributed by atoms with Crippen LogP contribution in [0.3, 0.4) is 0 Å². The van der Waals surface area contributed by atoms with E-state index in [0.717, 1.165) is 11.8 Å². The zero-order valence-corrected chi connectivity index (χ0v) is 5.46. The molecule has 9 heavy (non-hydrogen) atoms. The number of rotatable bonds is 1. The van der Waals surface area contributed by atoms with Crippen molar-refractivity contribution in [2.75, 3.05) is 0 Å². The second-order valence-electron chi connectivity index (χ2n) is 3.07. The van der Waals surface area contributed by atoms with Gasteiger partial charge in [-0.1, -0.05) is 0 Å². The summed E-state index contributed by atoms with van der Waals surface area (Å²) < 4.78 is 5.01. The Morgan fingerprint density at radius 2 is 2.00 bits per heavy atom. The van der Waals surface area contributed by atoms with Crippen LogP contribution in [-0.4, -0.2) is 12.1 Å². The van der Waals surface area contributed by atoms with E-state index in [4.69, 9.17) is 4.74 Å². The van der Waals surface area contributed by atoms with Gasteiger partial charge in [0.2, 0.25) is 0 Å². The number of hydrogen-bond acceptors (Lipinski definition) is 2. The summed E-state index contributed by atoms with van der Waals surface area (Å²) in [5, 5.41) is 0. The third-order valence-electron chi connectivity index (χ3n) is 2.44. The minimum absolute atomic E-state index is 0.116. The monoisotopic (exact) mass is 126 g/mol. The number of hydrogen-bond donors (Lipinski definition) is 0. The van der Waals surface area contributed by atoms with E-state index in [1.54, 1.807) is 0 Å². The highest BCUT2D eigenvalue weighted by molar-refractivity contribution is 5.66. The number of carbonyl (C=O) groups excluding carboxylic acids is 1. The third-order valence-corrected chi connectivity index (χ3v) is 2.44. The molecule has 2 nitrogen and oxygen atoms in total. The van der Waals surface area contributed by atoms with E-state index in [0.29, 0.717) is 6.10 Å². The maximum absolute atomic E-state index is 10.4. The van der Waals surface area contributed by atoms with Crippen molar-refractivity contribution in [3.8, 4) is 0 Å². The predicted molar refractivity (Wildman–Crippen MR) is 31.8 cm³/mol. The lowest BCUT2D eigenvalue weighted by Gasteiger charge is -2.56. The SMILES string of the molecule is CC(=O)OC1C2CC1C2. The fraction of sp³-hybridized carbons (Fsp3) is 0.857. The average Bonchev–Trinajstić information content (AvgIpc) is 1.54.